The number of hydrogen-bond acceptors (Lipinski definition) is 6. The van der Waals surface area contributed by atoms with Crippen molar-refractivity contribution in [1.82, 2.24) is 25.4 Å². The van der Waals surface area contributed by atoms with Crippen LogP contribution in [0.5, 0.6) is 0 Å². The van der Waals surface area contributed by atoms with Gasteiger partial charge in [0.1, 0.15) is 0 Å². The molecule has 2 heterocycles. The van der Waals surface area contributed by atoms with Gasteiger partial charge in [0.05, 0.1) is 5.25 Å². The second-order valence-electron chi connectivity index (χ2n) is 7.31. The third kappa shape index (κ3) is 4.69. The summed E-state index contributed by atoms with van der Waals surface area (Å²) in [6, 6.07) is -0.0464. The van der Waals surface area contributed by atoms with Crippen LogP contribution in [-0.2, 0) is 4.79 Å². The van der Waals surface area contributed by atoms with Gasteiger partial charge >= 0.3 is 6.03 Å². The predicted octanol–water partition coefficient (Wildman–Crippen LogP) is 2.32. The monoisotopic (exact) mass is 380 g/mol. The molecule has 8 nitrogen and oxygen atoms in total. The number of amides is 3. The first-order valence-corrected chi connectivity index (χ1v) is 10.3. The van der Waals surface area contributed by atoms with Crippen LogP contribution in [0.25, 0.3) is 0 Å². The van der Waals surface area contributed by atoms with Crippen LogP contribution in [0.4, 0.5) is 10.7 Å². The lowest BCUT2D eigenvalue weighted by molar-refractivity contribution is -0.119. The zero-order chi connectivity index (χ0) is 18.7. The third-order valence-electron chi connectivity index (χ3n) is 4.51. The summed E-state index contributed by atoms with van der Waals surface area (Å²) in [7, 11) is 0. The third-order valence-corrected chi connectivity index (χ3v) is 5.56. The van der Waals surface area contributed by atoms with Gasteiger partial charge in [0, 0.05) is 25.2 Å². The summed E-state index contributed by atoms with van der Waals surface area (Å²) in [5.41, 5.74) is 0. The average molecular weight is 381 g/mol. The molecule has 1 aliphatic heterocycles. The first kappa shape index (κ1) is 19.0. The van der Waals surface area contributed by atoms with E-state index in [1.54, 1.807) is 6.92 Å². The number of urea groups is 1. The lowest BCUT2D eigenvalue weighted by Gasteiger charge is -2.28. The normalized spacial score (nSPS) is 18.7. The molecule has 1 saturated heterocycles. The van der Waals surface area contributed by atoms with Crippen LogP contribution in [0.2, 0.25) is 0 Å². The number of hydrogen-bond donors (Lipinski definition) is 2. The van der Waals surface area contributed by atoms with E-state index in [0.717, 1.165) is 37.0 Å². The molecule has 1 aromatic rings. The molecule has 26 heavy (non-hydrogen) atoms. The fourth-order valence-electron chi connectivity index (χ4n) is 3.03. The molecule has 0 bridgehead atoms. The Morgan fingerprint density at radius 3 is 2.42 bits per heavy atom. The molecule has 2 fully saturated rings. The molecule has 1 aliphatic carbocycles. The van der Waals surface area contributed by atoms with Crippen LogP contribution in [0.15, 0.2) is 5.16 Å². The highest BCUT2D eigenvalue weighted by Gasteiger charge is 2.33. The summed E-state index contributed by atoms with van der Waals surface area (Å²) in [4.78, 5) is 26.3. The van der Waals surface area contributed by atoms with Crippen LogP contribution in [0.3, 0.4) is 0 Å². The summed E-state index contributed by atoms with van der Waals surface area (Å²) in [6.45, 7) is 7.52. The molecule has 144 valence electrons. The Morgan fingerprint density at radius 1 is 1.12 bits per heavy atom. The van der Waals surface area contributed by atoms with Gasteiger partial charge in [-0.3, -0.25) is 14.7 Å². The zero-order valence-electron chi connectivity index (χ0n) is 15.7. The van der Waals surface area contributed by atoms with Gasteiger partial charge in [-0.25, -0.2) is 4.79 Å². The van der Waals surface area contributed by atoms with Crippen molar-refractivity contribution >= 4 is 29.6 Å². The minimum Gasteiger partial charge on any atom is -0.341 e. The minimum atomic E-state index is -0.463. The van der Waals surface area contributed by atoms with E-state index in [0.29, 0.717) is 6.04 Å². The molecule has 0 radical (unpaired) electrons. The number of piperidine rings is 1. The molecular formula is C17H28N6O2S. The van der Waals surface area contributed by atoms with E-state index in [-0.39, 0.29) is 11.9 Å². The number of rotatable bonds is 6. The highest BCUT2D eigenvalue weighted by Crippen LogP contribution is 2.41. The van der Waals surface area contributed by atoms with Crippen LogP contribution in [0.1, 0.15) is 58.9 Å². The summed E-state index contributed by atoms with van der Waals surface area (Å²) in [5.74, 6) is 0.609. The molecule has 2 aliphatic rings. The Labute approximate surface area is 158 Å². The van der Waals surface area contributed by atoms with Gasteiger partial charge in [-0.15, -0.1) is 10.2 Å². The molecule has 9 heteroatoms. The second-order valence-corrected chi connectivity index (χ2v) is 8.62. The standard InChI is InChI=1S/C17H28N6O2S/c1-11(2)18-15(25)19-14(24)12(3)26-17-21-20-16(23(17)13-7-8-13)22-9-5-4-6-10-22/h11-13H,4-10H2,1-3H3,(H2,18,19,24,25)/t12-/m0/s1. The van der Waals surface area contributed by atoms with Gasteiger partial charge < -0.3 is 10.2 Å². The number of imide groups is 1. The Morgan fingerprint density at radius 2 is 1.81 bits per heavy atom. The lowest BCUT2D eigenvalue weighted by Crippen LogP contribution is -2.45. The van der Waals surface area contributed by atoms with Crippen molar-refractivity contribution in [1.29, 1.82) is 0 Å². The predicted molar refractivity (Wildman–Crippen MR) is 101 cm³/mol. The smallest absolute Gasteiger partial charge is 0.321 e. The van der Waals surface area contributed by atoms with E-state index in [4.69, 9.17) is 0 Å². The molecule has 2 N–H and O–H groups in total. The number of thioether (sulfide) groups is 1. The Bertz CT molecular complexity index is 652. The van der Waals surface area contributed by atoms with Gasteiger partial charge in [-0.2, -0.15) is 0 Å². The highest BCUT2D eigenvalue weighted by atomic mass is 32.2. The Hall–Kier alpha value is -1.77. The lowest BCUT2D eigenvalue weighted by atomic mass is 10.1. The van der Waals surface area contributed by atoms with E-state index < -0.39 is 11.3 Å². The molecule has 1 aromatic heterocycles. The van der Waals surface area contributed by atoms with Gasteiger partial charge in [0.15, 0.2) is 5.16 Å². The molecule has 0 aromatic carbocycles. The topological polar surface area (TPSA) is 92.2 Å². The molecule has 0 unspecified atom stereocenters. The average Bonchev–Trinajstić information content (AvgIpc) is 3.35. The first-order chi connectivity index (χ1) is 12.5. The Kier molecular flexibility index (Phi) is 6.05. The van der Waals surface area contributed by atoms with E-state index in [2.05, 4.69) is 30.3 Å². The van der Waals surface area contributed by atoms with E-state index in [9.17, 15) is 9.59 Å². The van der Waals surface area contributed by atoms with Crippen LogP contribution in [-0.4, -0.2) is 51.1 Å². The van der Waals surface area contributed by atoms with Crippen molar-refractivity contribution in [3.63, 3.8) is 0 Å². The van der Waals surface area contributed by atoms with Crippen molar-refractivity contribution in [3.8, 4) is 0 Å². The van der Waals surface area contributed by atoms with Crippen molar-refractivity contribution < 1.29 is 9.59 Å². The number of nitrogens with zero attached hydrogens (tertiary/aromatic N) is 4. The number of aromatic nitrogens is 3. The summed E-state index contributed by atoms with van der Waals surface area (Å²) in [5, 5.41) is 14.2. The number of nitrogens with one attached hydrogen (secondary N) is 2. The zero-order valence-corrected chi connectivity index (χ0v) is 16.5. The molecular weight excluding hydrogens is 352 g/mol. The SMILES string of the molecule is CC(C)NC(=O)NC(=O)[C@H](C)Sc1nnc(N2CCCCC2)n1C1CC1. The summed E-state index contributed by atoms with van der Waals surface area (Å²) in [6.07, 6.45) is 5.90. The van der Waals surface area contributed by atoms with Gasteiger partial charge in [-0.05, 0) is 52.9 Å². The van der Waals surface area contributed by atoms with Gasteiger partial charge in [-0.1, -0.05) is 11.8 Å². The van der Waals surface area contributed by atoms with Crippen molar-refractivity contribution in [3.05, 3.63) is 0 Å². The molecule has 3 rings (SSSR count). The van der Waals surface area contributed by atoms with Crippen molar-refractivity contribution in [2.45, 2.75) is 75.4 Å². The van der Waals surface area contributed by atoms with Crippen LogP contribution >= 0.6 is 11.8 Å². The Balaban J connectivity index is 1.66. The highest BCUT2D eigenvalue weighted by molar-refractivity contribution is 8.00. The summed E-state index contributed by atoms with van der Waals surface area (Å²) >= 11 is 1.36. The molecule has 3 amide bonds. The molecule has 0 spiro atoms. The van der Waals surface area contributed by atoms with Crippen molar-refractivity contribution in [2.24, 2.45) is 0 Å². The first-order valence-electron chi connectivity index (χ1n) is 9.43. The number of carbonyl (C=O) groups excluding carboxylic acids is 2. The van der Waals surface area contributed by atoms with E-state index >= 15 is 0 Å². The quantitative estimate of drug-likeness (QED) is 0.736. The number of anilines is 1. The largest absolute Gasteiger partial charge is 0.341 e. The second kappa shape index (κ2) is 8.28. The minimum absolute atomic E-state index is 0.0178. The number of carbonyl (C=O) groups is 2. The fraction of sp³-hybridized carbons (Fsp3) is 0.765. The van der Waals surface area contributed by atoms with E-state index in [1.165, 1.54) is 31.0 Å². The van der Waals surface area contributed by atoms with Crippen LogP contribution < -0.4 is 15.5 Å². The summed E-state index contributed by atoms with van der Waals surface area (Å²) < 4.78 is 2.19. The maximum atomic E-state index is 12.3. The fourth-order valence-corrected chi connectivity index (χ4v) is 3.95. The van der Waals surface area contributed by atoms with Gasteiger partial charge in [0.2, 0.25) is 11.9 Å². The maximum absolute atomic E-state index is 12.3. The maximum Gasteiger partial charge on any atom is 0.321 e. The van der Waals surface area contributed by atoms with Crippen molar-refractivity contribution in [2.75, 3.05) is 18.0 Å². The molecule has 1 saturated carbocycles. The molecule has 1 atom stereocenters. The van der Waals surface area contributed by atoms with Gasteiger partial charge in [0.25, 0.3) is 0 Å². The van der Waals surface area contributed by atoms with E-state index in [1.807, 2.05) is 13.8 Å². The van der Waals surface area contributed by atoms with Crippen LogP contribution in [0, 0.1) is 0 Å².